The van der Waals surface area contributed by atoms with Gasteiger partial charge < -0.3 is 18.6 Å². The second-order valence-corrected chi connectivity index (χ2v) is 54.8. The number of furan rings is 2. The molecule has 0 saturated heterocycles. The first-order chi connectivity index (χ1) is 63.4. The molecule has 0 fully saturated rings. The summed E-state index contributed by atoms with van der Waals surface area (Å²) in [6, 6.07) is 75.5. The maximum Gasteiger partial charge on any atom is 0.256 e. The standard InChI is InChI=1S/C128H152B2N4O2/c1-115(2,3)83-37-45-87(46-38-83)131-99-73-94-93(121(17,18)56-57-122(94,19)20)71-97(99)129-107-101(131)67-81(69-103(107)133(89-49-41-85(42-50-89)117(7,8)9)113-109(129)105-111(135-113)126(27,28)60-58-124(105,23)24)79-35-34-77-64-76(32-33-78(77)65-79)75-128(31)63-62-123(21,22)95-74-100-98(72-96(95)128)130-108-102(132(100)88-47-39-84(40-48-88)116(4,5)6)68-82(80-36-53-91-92(66-80)120(15,16)55-54-119(91,13)14)70-104(108)134(90-51-43-86(44-52-90)118(10,11)12)114-110(130)106-112(136-114)127(29,30)61-59-125(106,25)26/h34-53,65-74,76H,32-33,54-64,75H2,1-31H3. The van der Waals surface area contributed by atoms with E-state index in [0.717, 1.165) is 118 Å². The van der Waals surface area contributed by atoms with Crippen LogP contribution >= 0.6 is 0 Å². The quantitative estimate of drug-likeness (QED) is 0.141. The van der Waals surface area contributed by atoms with Crippen molar-refractivity contribution >= 4 is 115 Å². The van der Waals surface area contributed by atoms with Gasteiger partial charge in [0.15, 0.2) is 11.8 Å². The molecule has 4 aliphatic heterocycles. The van der Waals surface area contributed by atoms with Crippen LogP contribution in [-0.2, 0) is 88.7 Å². The Hall–Kier alpha value is -9.91. The largest absolute Gasteiger partial charge is 0.444 e. The van der Waals surface area contributed by atoms with Crippen LogP contribution < -0.4 is 52.4 Å². The van der Waals surface area contributed by atoms with Crippen molar-refractivity contribution in [2.24, 2.45) is 5.92 Å². The molecule has 0 radical (unpaired) electrons. The summed E-state index contributed by atoms with van der Waals surface area (Å²) >= 11 is 0. The van der Waals surface area contributed by atoms with Gasteiger partial charge in [0.2, 0.25) is 0 Å². The highest BCUT2D eigenvalue weighted by molar-refractivity contribution is 7.01. The Kier molecular flexibility index (Phi) is 19.8. The van der Waals surface area contributed by atoms with Gasteiger partial charge in [-0.2, -0.15) is 0 Å². The number of hydrogen-bond donors (Lipinski definition) is 0. The highest BCUT2D eigenvalue weighted by atomic mass is 16.4. The molecule has 6 nitrogen and oxygen atoms in total. The number of benzene rings is 10. The van der Waals surface area contributed by atoms with Gasteiger partial charge in [0.25, 0.3) is 13.4 Å². The van der Waals surface area contributed by atoms with Gasteiger partial charge in [0.1, 0.15) is 11.5 Å². The maximum absolute atomic E-state index is 8.07. The summed E-state index contributed by atoms with van der Waals surface area (Å²) in [5.74, 6) is 4.77. The SMILES string of the molecule is CC(C)(C)c1ccc(N2c3cc4c(cc3B3c5c2cc(-c2ccc6c(c2)CCC(CC2(C)CCC(C)(C)c7cc8c(cc72)B2c7c(cc(-c9ccc%10c(c9)C(C)(C)CCC%10(C)C)cc7N(c7ccc(C(C)(C)C)cc7)c7oc9c(c72)C(C)(C)CCC9(C)C)N8c2ccc(C(C)(C)C)cc2)C6)cc5N(c2ccc(C(C)(C)C)cc2)c2oc5c(c23)C(C)(C)CCC5(C)C)C(C)(C)CCC4(C)C)cc1. The molecule has 702 valence electrons. The summed E-state index contributed by atoms with van der Waals surface area (Å²) in [6.45, 7) is 75.7. The molecule has 6 aliphatic carbocycles. The van der Waals surface area contributed by atoms with E-state index in [9.17, 15) is 0 Å². The zero-order valence-corrected chi connectivity index (χ0v) is 88.6. The first kappa shape index (κ1) is 91.2. The minimum atomic E-state index is -0.195. The van der Waals surface area contributed by atoms with Crippen LogP contribution in [0.4, 0.5) is 68.6 Å². The first-order valence-corrected chi connectivity index (χ1v) is 52.4. The molecular formula is C128H152B2N4O2. The molecule has 6 heterocycles. The van der Waals surface area contributed by atoms with Crippen LogP contribution in [0.15, 0.2) is 191 Å². The smallest absolute Gasteiger partial charge is 0.256 e. The summed E-state index contributed by atoms with van der Waals surface area (Å²) < 4.78 is 16.0. The topological polar surface area (TPSA) is 39.2 Å². The van der Waals surface area contributed by atoms with Crippen molar-refractivity contribution in [2.45, 2.75) is 380 Å². The molecule has 10 aliphatic rings. The summed E-state index contributed by atoms with van der Waals surface area (Å²) in [6.07, 6.45) is 15.5. The average Bonchev–Trinajstić information content (AvgIpc) is 1.08. The van der Waals surface area contributed by atoms with E-state index in [0.29, 0.717) is 5.92 Å². The predicted octanol–water partition coefficient (Wildman–Crippen LogP) is 31.5. The van der Waals surface area contributed by atoms with Crippen molar-refractivity contribution in [3.8, 4) is 22.3 Å². The van der Waals surface area contributed by atoms with Crippen molar-refractivity contribution in [3.63, 3.8) is 0 Å². The fourth-order valence-corrected chi connectivity index (χ4v) is 27.4. The van der Waals surface area contributed by atoms with E-state index in [2.05, 4.69) is 416 Å². The lowest BCUT2D eigenvalue weighted by Crippen LogP contribution is -2.63. The summed E-state index contributed by atoms with van der Waals surface area (Å²) in [7, 11) is 0. The molecule has 22 rings (SSSR count). The number of hydrogen-bond acceptors (Lipinski definition) is 6. The molecule has 12 aromatic rings. The van der Waals surface area contributed by atoms with Gasteiger partial charge in [-0.1, -0.05) is 312 Å². The van der Waals surface area contributed by atoms with Crippen LogP contribution in [0.25, 0.3) is 22.3 Å². The molecular weight excluding hydrogens is 1650 g/mol. The predicted molar refractivity (Wildman–Crippen MR) is 582 cm³/mol. The van der Waals surface area contributed by atoms with E-state index in [-0.39, 0.29) is 89.2 Å². The van der Waals surface area contributed by atoms with Gasteiger partial charge in [-0.25, -0.2) is 0 Å². The van der Waals surface area contributed by atoms with E-state index in [1.807, 2.05) is 0 Å². The third-order valence-electron chi connectivity index (χ3n) is 36.7. The molecule has 0 bridgehead atoms. The van der Waals surface area contributed by atoms with E-state index in [4.69, 9.17) is 8.83 Å². The lowest BCUT2D eigenvalue weighted by atomic mass is 9.32. The molecule has 0 spiro atoms. The summed E-state index contributed by atoms with van der Waals surface area (Å²) in [4.78, 5) is 10.7. The molecule has 0 saturated carbocycles. The lowest BCUT2D eigenvalue weighted by Gasteiger charge is -2.49. The molecule has 0 amide bonds. The van der Waals surface area contributed by atoms with Crippen molar-refractivity contribution in [1.29, 1.82) is 0 Å². The Bertz CT molecular complexity index is 6950. The van der Waals surface area contributed by atoms with Gasteiger partial charge >= 0.3 is 0 Å². The summed E-state index contributed by atoms with van der Waals surface area (Å²) in [5, 5.41) is 0. The Morgan fingerprint density at radius 3 is 0.993 bits per heavy atom. The number of aryl methyl sites for hydroxylation is 1. The third kappa shape index (κ3) is 14.1. The van der Waals surface area contributed by atoms with E-state index < -0.39 is 0 Å². The Morgan fingerprint density at radius 2 is 0.596 bits per heavy atom. The molecule has 0 N–H and O–H groups in total. The van der Waals surface area contributed by atoms with Crippen LogP contribution in [0.3, 0.4) is 0 Å². The normalized spacial score (nSPS) is 21.5. The van der Waals surface area contributed by atoms with E-state index in [1.165, 1.54) is 179 Å². The average molecular weight is 1800 g/mol. The van der Waals surface area contributed by atoms with Crippen LogP contribution in [-0.4, -0.2) is 13.4 Å². The minimum Gasteiger partial charge on any atom is -0.444 e. The van der Waals surface area contributed by atoms with Crippen molar-refractivity contribution < 1.29 is 8.83 Å². The van der Waals surface area contributed by atoms with Crippen molar-refractivity contribution in [2.75, 3.05) is 19.6 Å². The zero-order chi connectivity index (χ0) is 96.5. The Labute approximate surface area is 817 Å². The Morgan fingerprint density at radius 1 is 0.279 bits per heavy atom. The minimum absolute atomic E-state index is 0.0132. The summed E-state index contributed by atoms with van der Waals surface area (Å²) in [5.41, 5.74) is 44.6. The fraction of sp³-hybridized carbons (Fsp3) is 0.469. The van der Waals surface area contributed by atoms with Gasteiger partial charge in [-0.15, -0.1) is 0 Å². The molecule has 10 aromatic carbocycles. The first-order valence-electron chi connectivity index (χ1n) is 52.4. The van der Waals surface area contributed by atoms with Gasteiger partial charge in [-0.05, 0) is 379 Å². The van der Waals surface area contributed by atoms with Crippen LogP contribution in [0.2, 0.25) is 0 Å². The Balaban J connectivity index is 0.708. The lowest BCUT2D eigenvalue weighted by molar-refractivity contribution is 0.246. The number of fused-ring (bicyclic) bond motifs is 16. The van der Waals surface area contributed by atoms with Crippen molar-refractivity contribution in [3.05, 3.63) is 271 Å². The monoisotopic (exact) mass is 1800 g/mol. The van der Waals surface area contributed by atoms with Gasteiger partial charge in [-0.3, -0.25) is 9.80 Å². The van der Waals surface area contributed by atoms with E-state index >= 15 is 0 Å². The van der Waals surface area contributed by atoms with Gasteiger partial charge in [0, 0.05) is 67.7 Å². The van der Waals surface area contributed by atoms with Crippen LogP contribution in [0.5, 0.6) is 0 Å². The van der Waals surface area contributed by atoms with Crippen LogP contribution in [0, 0.1) is 5.92 Å². The van der Waals surface area contributed by atoms with E-state index in [1.54, 1.807) is 5.56 Å². The second-order valence-electron chi connectivity index (χ2n) is 54.8. The number of rotatable bonds is 8. The van der Waals surface area contributed by atoms with Gasteiger partial charge in [0.05, 0.1) is 0 Å². The highest BCUT2D eigenvalue weighted by Crippen LogP contribution is 2.61. The molecule has 2 unspecified atom stereocenters. The highest BCUT2D eigenvalue weighted by Gasteiger charge is 2.58. The van der Waals surface area contributed by atoms with Crippen molar-refractivity contribution in [1.82, 2.24) is 0 Å². The molecule has 2 aromatic heterocycles. The molecule has 136 heavy (non-hydrogen) atoms. The molecule has 2 atom stereocenters. The maximum atomic E-state index is 8.07. The third-order valence-corrected chi connectivity index (χ3v) is 36.7. The zero-order valence-electron chi connectivity index (χ0n) is 88.6. The number of anilines is 12. The number of nitrogens with zero attached hydrogens (tertiary/aromatic N) is 4. The molecule has 8 heteroatoms. The van der Waals surface area contributed by atoms with Crippen LogP contribution in [0.1, 0.15) is 381 Å². The fourth-order valence-electron chi connectivity index (χ4n) is 27.4. The second kappa shape index (κ2) is 29.6.